The van der Waals surface area contributed by atoms with Gasteiger partial charge in [0, 0.05) is 44.0 Å². The molecule has 3 aromatic rings. The van der Waals surface area contributed by atoms with Crippen LogP contribution in [0.4, 0.5) is 0 Å². The molecule has 1 aliphatic heterocycles. The molecule has 38 heavy (non-hydrogen) atoms. The van der Waals surface area contributed by atoms with Crippen LogP contribution in [0.25, 0.3) is 22.2 Å². The van der Waals surface area contributed by atoms with Crippen LogP contribution in [0.3, 0.4) is 0 Å². The van der Waals surface area contributed by atoms with Crippen molar-refractivity contribution < 1.29 is 19.4 Å². The predicted octanol–water partition coefficient (Wildman–Crippen LogP) is 3.17. The summed E-state index contributed by atoms with van der Waals surface area (Å²) in [5, 5.41) is 14.7. The molecule has 0 atom stereocenters. The maximum Gasteiger partial charge on any atom is 0.268 e. The first-order valence-corrected chi connectivity index (χ1v) is 13.5. The van der Waals surface area contributed by atoms with Crippen LogP contribution in [0.15, 0.2) is 41.3 Å². The first-order chi connectivity index (χ1) is 18.5. The van der Waals surface area contributed by atoms with Gasteiger partial charge in [-0.15, -0.1) is 0 Å². The van der Waals surface area contributed by atoms with Crippen molar-refractivity contribution in [3.05, 3.63) is 52.4 Å². The van der Waals surface area contributed by atoms with E-state index in [1.807, 2.05) is 24.3 Å². The lowest BCUT2D eigenvalue weighted by Gasteiger charge is -2.54. The molecular formula is C29H34N4O5. The largest absolute Gasteiger partial charge is 0.506 e. The van der Waals surface area contributed by atoms with Gasteiger partial charge in [0.15, 0.2) is 0 Å². The highest BCUT2D eigenvalue weighted by Crippen LogP contribution is 2.55. The fraction of sp³-hybridized carbons (Fsp3) is 0.483. The summed E-state index contributed by atoms with van der Waals surface area (Å²) < 4.78 is 12.2. The van der Waals surface area contributed by atoms with Gasteiger partial charge < -0.3 is 19.9 Å². The molecule has 1 saturated heterocycles. The Bertz CT molecular complexity index is 1400. The van der Waals surface area contributed by atoms with E-state index in [9.17, 15) is 14.7 Å². The maximum absolute atomic E-state index is 13.7. The minimum absolute atomic E-state index is 0.0443. The molecule has 9 heteroatoms. The molecule has 3 heterocycles. The lowest BCUT2D eigenvalue weighted by molar-refractivity contribution is -0.000679. The van der Waals surface area contributed by atoms with Crippen LogP contribution in [0.5, 0.6) is 11.5 Å². The second kappa shape index (κ2) is 10.0. The molecule has 0 bridgehead atoms. The summed E-state index contributed by atoms with van der Waals surface area (Å²) in [5.41, 5.74) is 1.69. The quantitative estimate of drug-likeness (QED) is 0.495. The minimum atomic E-state index is -0.511. The zero-order chi connectivity index (χ0) is 26.3. The van der Waals surface area contributed by atoms with Gasteiger partial charge in [0.25, 0.3) is 11.5 Å². The smallest absolute Gasteiger partial charge is 0.268 e. The number of carbonyl (C=O) groups is 1. The molecule has 1 amide bonds. The minimum Gasteiger partial charge on any atom is -0.506 e. The number of hydrogen-bond donors (Lipinski definition) is 2. The predicted molar refractivity (Wildman–Crippen MR) is 144 cm³/mol. The summed E-state index contributed by atoms with van der Waals surface area (Å²) in [6.07, 6.45) is 7.27. The van der Waals surface area contributed by atoms with Gasteiger partial charge in [-0.05, 0) is 54.9 Å². The van der Waals surface area contributed by atoms with Crippen LogP contribution in [0.2, 0.25) is 0 Å². The molecular weight excluding hydrogens is 484 g/mol. The van der Waals surface area contributed by atoms with Crippen molar-refractivity contribution in [1.82, 2.24) is 19.8 Å². The lowest BCUT2D eigenvalue weighted by atomic mass is 9.54. The number of methoxy groups -OCH3 is 1. The van der Waals surface area contributed by atoms with Crippen LogP contribution in [0, 0.1) is 5.41 Å². The highest BCUT2D eigenvalue weighted by atomic mass is 16.5. The number of rotatable bonds is 7. The van der Waals surface area contributed by atoms with Crippen molar-refractivity contribution in [3.8, 4) is 22.6 Å². The molecule has 0 radical (unpaired) electrons. The zero-order valence-electron chi connectivity index (χ0n) is 21.7. The molecule has 2 saturated carbocycles. The van der Waals surface area contributed by atoms with Crippen molar-refractivity contribution in [3.63, 3.8) is 0 Å². The van der Waals surface area contributed by atoms with Crippen LogP contribution in [0.1, 0.15) is 42.5 Å². The number of ether oxygens (including phenoxy) is 2. The third-order valence-electron chi connectivity index (χ3n) is 8.58. The first kappa shape index (κ1) is 24.9. The van der Waals surface area contributed by atoms with E-state index in [0.29, 0.717) is 42.8 Å². The first-order valence-electron chi connectivity index (χ1n) is 13.5. The van der Waals surface area contributed by atoms with Gasteiger partial charge in [-0.25, -0.2) is 4.98 Å². The normalized spacial score (nSPS) is 19.2. The fourth-order valence-electron chi connectivity index (χ4n) is 6.16. The van der Waals surface area contributed by atoms with Gasteiger partial charge in [-0.2, -0.15) is 0 Å². The van der Waals surface area contributed by atoms with Gasteiger partial charge in [-0.3, -0.25) is 19.1 Å². The van der Waals surface area contributed by atoms with Crippen molar-refractivity contribution in [2.75, 3.05) is 40.0 Å². The van der Waals surface area contributed by atoms with Crippen molar-refractivity contribution in [2.45, 2.75) is 44.7 Å². The van der Waals surface area contributed by atoms with E-state index in [2.05, 4.69) is 15.2 Å². The number of nitrogens with one attached hydrogen (secondary N) is 1. The number of hydrogen-bond acceptors (Lipinski definition) is 7. The Morgan fingerprint density at radius 3 is 2.55 bits per heavy atom. The molecule has 0 unspecified atom stereocenters. The lowest BCUT2D eigenvalue weighted by Crippen LogP contribution is -2.54. The number of fused-ring (bicyclic) bond motifs is 1. The molecule has 3 aliphatic rings. The van der Waals surface area contributed by atoms with Crippen molar-refractivity contribution >= 4 is 16.9 Å². The van der Waals surface area contributed by atoms with Crippen LogP contribution < -0.4 is 15.6 Å². The van der Waals surface area contributed by atoms with Crippen molar-refractivity contribution in [1.29, 1.82) is 0 Å². The van der Waals surface area contributed by atoms with E-state index >= 15 is 0 Å². The highest BCUT2D eigenvalue weighted by Gasteiger charge is 2.48. The number of aromatic nitrogens is 2. The van der Waals surface area contributed by atoms with E-state index < -0.39 is 11.5 Å². The number of amides is 1. The fourth-order valence-corrected chi connectivity index (χ4v) is 6.16. The van der Waals surface area contributed by atoms with E-state index in [0.717, 1.165) is 42.8 Å². The Hall–Kier alpha value is -3.43. The van der Waals surface area contributed by atoms with Gasteiger partial charge in [0.2, 0.25) is 0 Å². The molecule has 200 valence electrons. The van der Waals surface area contributed by atoms with Crippen molar-refractivity contribution in [2.24, 2.45) is 5.41 Å². The van der Waals surface area contributed by atoms with Crippen LogP contribution >= 0.6 is 0 Å². The zero-order valence-corrected chi connectivity index (χ0v) is 21.7. The molecule has 1 aromatic carbocycles. The van der Waals surface area contributed by atoms with Gasteiger partial charge >= 0.3 is 0 Å². The molecule has 2 aliphatic carbocycles. The van der Waals surface area contributed by atoms with E-state index in [1.54, 1.807) is 19.4 Å². The van der Waals surface area contributed by atoms with Gasteiger partial charge in [0.05, 0.1) is 25.7 Å². The molecule has 2 aromatic heterocycles. The number of nitrogens with zero attached hydrogens (tertiary/aromatic N) is 3. The monoisotopic (exact) mass is 518 g/mol. The Labute approximate surface area is 221 Å². The maximum atomic E-state index is 13.7. The number of carbonyl (C=O) groups excluding carboxylic acids is 1. The van der Waals surface area contributed by atoms with Gasteiger partial charge in [0.1, 0.15) is 22.7 Å². The Kier molecular flexibility index (Phi) is 6.57. The molecule has 1 spiro atoms. The Balaban J connectivity index is 1.36. The standard InChI is InChI=1S/C29H34N4O5/c1-37-22-5-3-19(4-6-22)20-15-23-25(34)24(27(35)31-21-16-29(17-21)7-2-8-29)28(36)33(26(23)30-18-20)10-9-32-11-13-38-14-12-32/h3-6,15,18,21,34H,2,7-14,16-17H2,1H3,(H,31,35). The summed E-state index contributed by atoms with van der Waals surface area (Å²) in [6.45, 7) is 3.87. The second-order valence-corrected chi connectivity index (χ2v) is 10.9. The number of morpholine rings is 1. The van der Waals surface area contributed by atoms with Crippen LogP contribution in [-0.2, 0) is 11.3 Å². The summed E-state index contributed by atoms with van der Waals surface area (Å²) >= 11 is 0. The highest BCUT2D eigenvalue weighted by molar-refractivity contribution is 6.02. The number of benzene rings is 1. The van der Waals surface area contributed by atoms with Crippen LogP contribution in [-0.4, -0.2) is 71.5 Å². The Morgan fingerprint density at radius 2 is 1.89 bits per heavy atom. The average molecular weight is 519 g/mol. The topological polar surface area (TPSA) is 106 Å². The molecule has 2 N–H and O–H groups in total. The number of pyridine rings is 2. The Morgan fingerprint density at radius 1 is 1.16 bits per heavy atom. The summed E-state index contributed by atoms with van der Waals surface area (Å²) in [7, 11) is 1.61. The molecule has 3 fully saturated rings. The third-order valence-corrected chi connectivity index (χ3v) is 8.58. The summed E-state index contributed by atoms with van der Waals surface area (Å²) in [5.74, 6) is -0.0878. The SMILES string of the molecule is COc1ccc(-c2cnc3c(c2)c(O)c(C(=O)NC2CC4(CCC4)C2)c(=O)n3CCN2CCOCC2)cc1. The van der Waals surface area contributed by atoms with E-state index in [1.165, 1.54) is 23.8 Å². The van der Waals surface area contributed by atoms with E-state index in [4.69, 9.17) is 9.47 Å². The molecule has 9 nitrogen and oxygen atoms in total. The van der Waals surface area contributed by atoms with E-state index in [-0.39, 0.29) is 17.4 Å². The summed E-state index contributed by atoms with van der Waals surface area (Å²) in [6, 6.07) is 9.38. The number of aromatic hydroxyl groups is 1. The average Bonchev–Trinajstić information content (AvgIpc) is 2.90. The third kappa shape index (κ3) is 4.54. The summed E-state index contributed by atoms with van der Waals surface area (Å²) in [4.78, 5) is 33.9. The molecule has 6 rings (SSSR count). The second-order valence-electron chi connectivity index (χ2n) is 10.9. The van der Waals surface area contributed by atoms with Gasteiger partial charge in [-0.1, -0.05) is 18.6 Å².